The van der Waals surface area contributed by atoms with Crippen molar-refractivity contribution in [3.63, 3.8) is 0 Å². The van der Waals surface area contributed by atoms with Crippen LogP contribution in [0.3, 0.4) is 0 Å². The Balaban J connectivity index is 1.98. The first-order chi connectivity index (χ1) is 9.47. The highest BCUT2D eigenvalue weighted by Gasteiger charge is 2.26. The summed E-state index contributed by atoms with van der Waals surface area (Å²) < 4.78 is 0. The van der Waals surface area contributed by atoms with Crippen molar-refractivity contribution in [2.75, 3.05) is 13.6 Å². The van der Waals surface area contributed by atoms with Crippen LogP contribution in [-0.4, -0.2) is 34.6 Å². The van der Waals surface area contributed by atoms with Gasteiger partial charge in [0.25, 0.3) is 5.69 Å². The summed E-state index contributed by atoms with van der Waals surface area (Å²) in [5, 5.41) is 20.8. The number of nitro groups is 1. The van der Waals surface area contributed by atoms with E-state index in [1.54, 1.807) is 12.1 Å². The molecule has 110 valence electrons. The van der Waals surface area contributed by atoms with Gasteiger partial charge in [-0.25, -0.2) is 0 Å². The minimum Gasteiger partial charge on any atom is -0.393 e. The summed E-state index contributed by atoms with van der Waals surface area (Å²) in [4.78, 5) is 12.5. The fraction of sp³-hybridized carbons (Fsp3) is 0.571. The van der Waals surface area contributed by atoms with E-state index in [1.807, 2.05) is 7.05 Å². The highest BCUT2D eigenvalue weighted by atomic mass is 35.5. The van der Waals surface area contributed by atoms with Gasteiger partial charge in [-0.2, -0.15) is 0 Å². The predicted molar refractivity (Wildman–Crippen MR) is 77.8 cm³/mol. The van der Waals surface area contributed by atoms with E-state index in [9.17, 15) is 15.2 Å². The lowest BCUT2D eigenvalue weighted by molar-refractivity contribution is -0.384. The van der Waals surface area contributed by atoms with E-state index in [0.29, 0.717) is 12.5 Å². The molecule has 0 saturated heterocycles. The van der Waals surface area contributed by atoms with Crippen LogP contribution >= 0.6 is 11.6 Å². The molecule has 1 aliphatic rings. The van der Waals surface area contributed by atoms with E-state index >= 15 is 0 Å². The summed E-state index contributed by atoms with van der Waals surface area (Å²) in [6.07, 6.45) is 2.79. The van der Waals surface area contributed by atoms with Gasteiger partial charge in [0, 0.05) is 19.2 Å². The largest absolute Gasteiger partial charge is 0.393 e. The van der Waals surface area contributed by atoms with Gasteiger partial charge in [-0.15, -0.1) is 0 Å². The molecular formula is C14H19ClN2O3. The normalized spacial score (nSPS) is 22.4. The second kappa shape index (κ2) is 6.52. The second-order valence-electron chi connectivity index (χ2n) is 5.50. The highest BCUT2D eigenvalue weighted by Crippen LogP contribution is 2.28. The first-order valence-electron chi connectivity index (χ1n) is 6.77. The summed E-state index contributed by atoms with van der Waals surface area (Å²) in [7, 11) is 1.96. The van der Waals surface area contributed by atoms with Gasteiger partial charge in [0.2, 0.25) is 0 Å². The lowest BCUT2D eigenvalue weighted by Gasteiger charge is -2.23. The molecule has 1 aromatic rings. The number of rotatable bonds is 5. The first-order valence-corrected chi connectivity index (χ1v) is 7.14. The lowest BCUT2D eigenvalue weighted by Crippen LogP contribution is -2.29. The van der Waals surface area contributed by atoms with Crippen LogP contribution in [0.25, 0.3) is 0 Å². The zero-order chi connectivity index (χ0) is 14.7. The van der Waals surface area contributed by atoms with Crippen LogP contribution in [0, 0.1) is 16.0 Å². The minimum absolute atomic E-state index is 0.0570. The number of aliphatic hydroxyl groups excluding tert-OH is 1. The molecule has 0 amide bonds. The van der Waals surface area contributed by atoms with E-state index in [2.05, 4.69) is 4.90 Å². The number of nitrogens with zero attached hydrogens (tertiary/aromatic N) is 2. The summed E-state index contributed by atoms with van der Waals surface area (Å²) >= 11 is 5.80. The number of benzene rings is 1. The highest BCUT2D eigenvalue weighted by molar-refractivity contribution is 6.32. The third-order valence-corrected chi connectivity index (χ3v) is 4.14. The standard InChI is InChI=1S/C14H19ClN2O3/c1-16(9-11-3-2-4-14(11)18)8-10-5-6-12(15)13(7-10)17(19)20/h5-7,11,14,18H,2-4,8-9H2,1H3. The molecule has 2 rings (SSSR count). The minimum atomic E-state index is -0.466. The van der Waals surface area contributed by atoms with Gasteiger partial charge in [0.15, 0.2) is 0 Å². The molecule has 6 heteroatoms. The van der Waals surface area contributed by atoms with Crippen LogP contribution in [0.2, 0.25) is 5.02 Å². The van der Waals surface area contributed by atoms with Gasteiger partial charge in [-0.3, -0.25) is 10.1 Å². The van der Waals surface area contributed by atoms with Crippen molar-refractivity contribution in [2.45, 2.75) is 31.9 Å². The maximum Gasteiger partial charge on any atom is 0.288 e. The summed E-state index contributed by atoms with van der Waals surface area (Å²) in [5.74, 6) is 0.308. The molecule has 0 heterocycles. The average Bonchev–Trinajstić information content (AvgIpc) is 2.77. The Bertz CT molecular complexity index is 495. The number of halogens is 1. The van der Waals surface area contributed by atoms with E-state index in [0.717, 1.165) is 31.4 Å². The molecule has 0 aliphatic heterocycles. The van der Waals surface area contributed by atoms with Gasteiger partial charge in [-0.05, 0) is 37.4 Å². The van der Waals surface area contributed by atoms with Gasteiger partial charge < -0.3 is 10.0 Å². The fourth-order valence-corrected chi connectivity index (χ4v) is 2.99. The Morgan fingerprint density at radius 2 is 2.25 bits per heavy atom. The molecule has 1 aromatic carbocycles. The Hall–Kier alpha value is -1.17. The molecule has 1 N–H and O–H groups in total. The summed E-state index contributed by atoms with van der Waals surface area (Å²) in [6, 6.07) is 4.88. The first kappa shape index (κ1) is 15.2. The Morgan fingerprint density at radius 1 is 1.50 bits per heavy atom. The van der Waals surface area contributed by atoms with E-state index in [-0.39, 0.29) is 16.8 Å². The Labute approximate surface area is 123 Å². The number of nitro benzene ring substituents is 1. The molecule has 20 heavy (non-hydrogen) atoms. The molecule has 5 nitrogen and oxygen atoms in total. The van der Waals surface area contributed by atoms with E-state index in [4.69, 9.17) is 11.6 Å². The zero-order valence-corrected chi connectivity index (χ0v) is 12.2. The number of aliphatic hydroxyl groups is 1. The van der Waals surface area contributed by atoms with Gasteiger partial charge in [0.05, 0.1) is 11.0 Å². The van der Waals surface area contributed by atoms with E-state index < -0.39 is 4.92 Å². The molecular weight excluding hydrogens is 280 g/mol. The van der Waals surface area contributed by atoms with Crippen molar-refractivity contribution in [1.29, 1.82) is 0 Å². The fourth-order valence-electron chi connectivity index (χ4n) is 2.80. The molecule has 1 saturated carbocycles. The van der Waals surface area contributed by atoms with Crippen molar-refractivity contribution in [3.8, 4) is 0 Å². The molecule has 0 bridgehead atoms. The van der Waals surface area contributed by atoms with Crippen LogP contribution in [0.15, 0.2) is 18.2 Å². The molecule has 1 aliphatic carbocycles. The van der Waals surface area contributed by atoms with Gasteiger partial charge in [0.1, 0.15) is 5.02 Å². The monoisotopic (exact) mass is 298 g/mol. The molecule has 0 aromatic heterocycles. The van der Waals surface area contributed by atoms with Crippen molar-refractivity contribution >= 4 is 17.3 Å². The van der Waals surface area contributed by atoms with Crippen LogP contribution in [0.1, 0.15) is 24.8 Å². The van der Waals surface area contributed by atoms with Crippen LogP contribution in [0.4, 0.5) is 5.69 Å². The average molecular weight is 299 g/mol. The predicted octanol–water partition coefficient (Wildman–Crippen LogP) is 2.84. The maximum atomic E-state index is 10.9. The second-order valence-corrected chi connectivity index (χ2v) is 5.91. The van der Waals surface area contributed by atoms with Gasteiger partial charge >= 0.3 is 0 Å². The smallest absolute Gasteiger partial charge is 0.288 e. The topological polar surface area (TPSA) is 66.6 Å². The third-order valence-electron chi connectivity index (χ3n) is 3.82. The summed E-state index contributed by atoms with van der Waals surface area (Å²) in [5.41, 5.74) is 0.801. The van der Waals surface area contributed by atoms with Crippen LogP contribution in [0.5, 0.6) is 0 Å². The SMILES string of the molecule is CN(Cc1ccc(Cl)c([N+](=O)[O-])c1)CC1CCCC1O. The van der Waals surface area contributed by atoms with Crippen molar-refractivity contribution < 1.29 is 10.0 Å². The lowest BCUT2D eigenvalue weighted by atomic mass is 10.1. The zero-order valence-electron chi connectivity index (χ0n) is 11.5. The van der Waals surface area contributed by atoms with Crippen LogP contribution < -0.4 is 0 Å². The Kier molecular flexibility index (Phi) is 4.96. The van der Waals surface area contributed by atoms with Crippen LogP contribution in [-0.2, 0) is 6.54 Å². The summed E-state index contributed by atoms with van der Waals surface area (Å²) in [6.45, 7) is 1.42. The number of hydrogen-bond acceptors (Lipinski definition) is 4. The maximum absolute atomic E-state index is 10.9. The molecule has 0 radical (unpaired) electrons. The molecule has 2 unspecified atom stereocenters. The Morgan fingerprint density at radius 3 is 2.85 bits per heavy atom. The molecule has 2 atom stereocenters. The van der Waals surface area contributed by atoms with E-state index in [1.165, 1.54) is 6.07 Å². The molecule has 1 fully saturated rings. The quantitative estimate of drug-likeness (QED) is 0.670. The van der Waals surface area contributed by atoms with Gasteiger partial charge in [-0.1, -0.05) is 24.1 Å². The van der Waals surface area contributed by atoms with Crippen molar-refractivity contribution in [2.24, 2.45) is 5.92 Å². The molecule has 0 spiro atoms. The number of hydrogen-bond donors (Lipinski definition) is 1. The van der Waals surface area contributed by atoms with Crippen molar-refractivity contribution in [1.82, 2.24) is 4.90 Å². The van der Waals surface area contributed by atoms with Crippen molar-refractivity contribution in [3.05, 3.63) is 38.9 Å². The third kappa shape index (κ3) is 3.69.